The van der Waals surface area contributed by atoms with Gasteiger partial charge in [0.05, 0.1) is 46.3 Å². The summed E-state index contributed by atoms with van der Waals surface area (Å²) in [5, 5.41) is 0. The molecule has 132 heavy (non-hydrogen) atoms. The molecule has 14 nitrogen and oxygen atoms in total. The van der Waals surface area contributed by atoms with E-state index < -0.39 is 253 Å². The summed E-state index contributed by atoms with van der Waals surface area (Å²) in [5.74, 6) is -47.2. The second-order valence-corrected chi connectivity index (χ2v) is 31.3. The van der Waals surface area contributed by atoms with Crippen molar-refractivity contribution in [1.82, 2.24) is 0 Å². The molecule has 0 saturated carbocycles. The van der Waals surface area contributed by atoms with Crippen LogP contribution in [0.2, 0.25) is 0 Å². The molecule has 12 aromatic rings. The van der Waals surface area contributed by atoms with E-state index in [0.29, 0.717) is 31.4 Å². The van der Waals surface area contributed by atoms with Gasteiger partial charge in [0.1, 0.15) is 61.2 Å². The molecule has 0 aromatic heterocycles. The predicted molar refractivity (Wildman–Crippen MR) is 397 cm³/mol. The molecule has 47 heteroatoms. The first-order valence-corrected chi connectivity index (χ1v) is 39.4. The van der Waals surface area contributed by atoms with Crippen molar-refractivity contribution in [2.75, 3.05) is 14.2 Å². The SMILES string of the molecule is COc1ccc(C(C)(c2ccc(Oc3[c-]cc(S(=O)(=O)c4ccc(Oc5ccc(C(C)(c6ccc(OC)cc6)C(F)(F)F)cc5)c(S(=O)(=O)[O-])c4)cc3)cc2)C(F)(F)F)cc1.Cc1c(F)c(F)c(-c2c(F)c(F)c(Oc3ccc(C(c4ccc(Oc5c(F)c(F)c(-c6c(F)c(F)c(C)c(F)c6F)c(F)c5F)cc4)(C(F)(F)F)C(F)(F)F)cc3)c(F)c2F)c(F)c1F.O=S(=O)=O.[Na+].[Na+]. The molecule has 2 unspecified atom stereocenters. The van der Waals surface area contributed by atoms with Crippen LogP contribution in [0.25, 0.3) is 22.3 Å². The molecule has 0 aliphatic rings. The molecule has 0 amide bonds. The summed E-state index contributed by atoms with van der Waals surface area (Å²) in [4.78, 5) is -2.07. The van der Waals surface area contributed by atoms with Crippen LogP contribution in [0.5, 0.6) is 57.5 Å². The molecule has 12 rings (SSSR count). The molecule has 12 aromatic carbocycles. The van der Waals surface area contributed by atoms with Crippen LogP contribution in [-0.4, -0.2) is 72.9 Å². The van der Waals surface area contributed by atoms with Crippen molar-refractivity contribution in [3.63, 3.8) is 0 Å². The topological polar surface area (TPSA) is 198 Å². The van der Waals surface area contributed by atoms with E-state index in [2.05, 4.69) is 15.5 Å². The fraction of sp³-hybridized carbons (Fsp3) is 0.153. The summed E-state index contributed by atoms with van der Waals surface area (Å²) in [5.41, 5.74) is -25.9. The largest absolute Gasteiger partial charge is 1.00 e. The number of benzene rings is 12. The summed E-state index contributed by atoms with van der Waals surface area (Å²) in [6.45, 7) is 3.02. The van der Waals surface area contributed by atoms with Crippen LogP contribution in [0.15, 0.2) is 197 Å². The van der Waals surface area contributed by atoms with E-state index in [-0.39, 0.29) is 147 Å². The van der Waals surface area contributed by atoms with E-state index in [0.717, 1.165) is 62.4 Å². The van der Waals surface area contributed by atoms with Crippen molar-refractivity contribution in [3.05, 3.63) is 326 Å². The van der Waals surface area contributed by atoms with Gasteiger partial charge in [-0.2, -0.15) is 82.4 Å². The smallest absolute Gasteiger partial charge is 0.744 e. The second-order valence-electron chi connectivity index (χ2n) is 27.5. The molecule has 0 aliphatic carbocycles. The molecule has 0 bridgehead atoms. The second kappa shape index (κ2) is 40.0. The molecule has 0 fully saturated rings. The minimum absolute atomic E-state index is 0. The fourth-order valence-electron chi connectivity index (χ4n) is 13.0. The van der Waals surface area contributed by atoms with Crippen molar-refractivity contribution in [2.45, 2.75) is 83.3 Å². The molecule has 0 N–H and O–H groups in total. The molecule has 0 spiro atoms. The third-order valence-electron chi connectivity index (χ3n) is 20.1. The zero-order chi connectivity index (χ0) is 96.9. The summed E-state index contributed by atoms with van der Waals surface area (Å²) in [7, 11) is -10.2. The Balaban J connectivity index is 0.000000309. The Bertz CT molecular complexity index is 6410. The molecule has 0 saturated heterocycles. The predicted octanol–water partition coefficient (Wildman–Crippen LogP) is 18.4. The van der Waals surface area contributed by atoms with Crippen molar-refractivity contribution in [2.24, 2.45) is 0 Å². The van der Waals surface area contributed by atoms with Crippen LogP contribution in [0.1, 0.15) is 58.4 Å². The van der Waals surface area contributed by atoms with Crippen LogP contribution >= 0.6 is 0 Å². The fourth-order valence-corrected chi connectivity index (χ4v) is 15.0. The van der Waals surface area contributed by atoms with Crippen LogP contribution in [0.4, 0.5) is 123 Å². The van der Waals surface area contributed by atoms with Crippen molar-refractivity contribution >= 4 is 30.6 Å². The van der Waals surface area contributed by atoms with Gasteiger partial charge in [0.15, 0.2) is 79.6 Å². The first kappa shape index (κ1) is 106. The molecular formula is C85H48F28Na2O14S3. The Morgan fingerprint density at radius 2 is 0.568 bits per heavy atom. The zero-order valence-corrected chi connectivity index (χ0v) is 73.8. The molecule has 688 valence electrons. The Morgan fingerprint density at radius 3 is 0.818 bits per heavy atom. The monoisotopic (exact) mass is 1970 g/mol. The summed E-state index contributed by atoms with van der Waals surface area (Å²) in [6.07, 6.45) is -22.3. The summed E-state index contributed by atoms with van der Waals surface area (Å²) >= 11 is 0. The Kier molecular flexibility index (Phi) is 32.2. The van der Waals surface area contributed by atoms with Gasteiger partial charge in [-0.25, -0.2) is 69.5 Å². The normalized spacial score (nSPS) is 12.9. The summed E-state index contributed by atoms with van der Waals surface area (Å²) in [6, 6.07) is 29.4. The van der Waals surface area contributed by atoms with Crippen LogP contribution < -0.4 is 87.5 Å². The maximum Gasteiger partial charge on any atom is 1.00 e. The molecule has 0 heterocycles. The van der Waals surface area contributed by atoms with Crippen LogP contribution in [0, 0.1) is 113 Å². The standard InChI is InChI=1S/C44H35F6O9S2.C41H14F22O2.2Na.O3S/c1-41(43(45,46)47,28-5-13-32(56-3)14-6-28)30-9-17-34(18-10-30)58-35-21-23-37(24-22-35)60(51,52)38-25-26-39(40(27-38)61(53,54)55)59-36-19-11-31(12-20-36)42(2,44(48,49)50)29-7-15-33(57-4)16-8-29;1-11-21(42)25(46)17(26(47)22(11)43)19-29(50)33(54)37(34(55)30(19)51)64-15-7-3-13(4-8-15)39(40(58,59)60,41(61,62)63)14-5-9-16(10-6-14)65-38-35(56)31(52)20(32(53)36(38)57)18-27(48)23(44)12(2)24(45)28(18)49;;;1-4(2)3/h5-21,23-27H,1-4H3,(H,53,54,55);3-10H,1-2H3;;;/q-1;;2*+1;/p-1. The molecular weight excluding hydrogens is 1920 g/mol. The average Bonchev–Trinajstić information content (AvgIpc) is 0.712. The van der Waals surface area contributed by atoms with Crippen molar-refractivity contribution < 1.29 is 244 Å². The Labute approximate surface area is 772 Å². The van der Waals surface area contributed by atoms with Gasteiger partial charge in [-0.3, -0.25) is 0 Å². The minimum atomic E-state index is -6.43. The van der Waals surface area contributed by atoms with Crippen molar-refractivity contribution in [3.8, 4) is 79.7 Å². The minimum Gasteiger partial charge on any atom is -0.744 e. The third-order valence-corrected chi connectivity index (χ3v) is 22.7. The molecule has 0 radical (unpaired) electrons. The quantitative estimate of drug-likeness (QED) is 0.0216. The number of hydrogen-bond donors (Lipinski definition) is 0. The maximum absolute atomic E-state index is 15.1. The first-order chi connectivity index (χ1) is 60.3. The van der Waals surface area contributed by atoms with Crippen LogP contribution in [-0.2, 0) is 46.8 Å². The first-order valence-electron chi connectivity index (χ1n) is 35.5. The van der Waals surface area contributed by atoms with Crippen molar-refractivity contribution in [1.29, 1.82) is 0 Å². The van der Waals surface area contributed by atoms with Crippen LogP contribution in [0.3, 0.4) is 0 Å². The van der Waals surface area contributed by atoms with E-state index in [1.807, 2.05) is 0 Å². The van der Waals surface area contributed by atoms with Gasteiger partial charge in [0.25, 0.3) is 0 Å². The Morgan fingerprint density at radius 1 is 0.318 bits per heavy atom. The van der Waals surface area contributed by atoms with Gasteiger partial charge in [0.2, 0.25) is 40.2 Å². The van der Waals surface area contributed by atoms with Gasteiger partial charge in [-0.05, 0) is 157 Å². The van der Waals surface area contributed by atoms with E-state index in [1.54, 1.807) is 0 Å². The number of halogens is 28. The number of sulfone groups is 1. The van der Waals surface area contributed by atoms with Gasteiger partial charge < -0.3 is 33.0 Å². The average molecular weight is 1970 g/mol. The van der Waals surface area contributed by atoms with Gasteiger partial charge in [-0.1, -0.05) is 72.8 Å². The Hall–Kier alpha value is -11.0. The number of methoxy groups -OCH3 is 2. The van der Waals surface area contributed by atoms with Gasteiger partial charge >= 0.3 is 94.4 Å². The van der Waals surface area contributed by atoms with E-state index in [1.165, 1.54) is 93.1 Å². The van der Waals surface area contributed by atoms with Gasteiger partial charge in [0, 0.05) is 16.9 Å². The molecule has 2 atom stereocenters. The number of ether oxygens (including phenoxy) is 6. The van der Waals surface area contributed by atoms with E-state index >= 15 is 35.1 Å². The molecule has 0 aliphatic heterocycles. The zero-order valence-electron chi connectivity index (χ0n) is 67.3. The summed E-state index contributed by atoms with van der Waals surface area (Å²) < 4.78 is 531. The number of alkyl halides is 12. The van der Waals surface area contributed by atoms with E-state index in [9.17, 15) is 109 Å². The third kappa shape index (κ3) is 20.2. The number of rotatable bonds is 21. The van der Waals surface area contributed by atoms with Gasteiger partial charge in [-0.15, -0.1) is 24.8 Å². The van der Waals surface area contributed by atoms with E-state index in [4.69, 9.17) is 31.6 Å². The number of hydrogen-bond acceptors (Lipinski definition) is 14. The maximum atomic E-state index is 15.1.